The second kappa shape index (κ2) is 5.02. The van der Waals surface area contributed by atoms with Crippen molar-refractivity contribution in [2.24, 2.45) is 5.73 Å². The van der Waals surface area contributed by atoms with E-state index in [9.17, 15) is 9.18 Å². The van der Waals surface area contributed by atoms with Crippen molar-refractivity contribution >= 4 is 6.03 Å². The van der Waals surface area contributed by atoms with Gasteiger partial charge in [0.15, 0.2) is 6.30 Å². The summed E-state index contributed by atoms with van der Waals surface area (Å²) in [7, 11) is 0. The molecule has 0 aromatic heterocycles. The summed E-state index contributed by atoms with van der Waals surface area (Å²) in [6, 6.07) is -0.802. The summed E-state index contributed by atoms with van der Waals surface area (Å²) in [6.45, 7) is 1.96. The van der Waals surface area contributed by atoms with Gasteiger partial charge in [0.25, 0.3) is 0 Å². The highest BCUT2D eigenvalue weighted by molar-refractivity contribution is 5.71. The van der Waals surface area contributed by atoms with Crippen LogP contribution in [0.25, 0.3) is 0 Å². The van der Waals surface area contributed by atoms with Crippen LogP contribution >= 0.6 is 0 Å². The maximum absolute atomic E-state index is 12.4. The number of unbranched alkanes of at least 4 members (excludes halogenated alkanes) is 1. The molecule has 0 heterocycles. The van der Waals surface area contributed by atoms with Crippen LogP contribution in [0.2, 0.25) is 0 Å². The molecule has 0 spiro atoms. The smallest absolute Gasteiger partial charge is 0.314 e. The van der Waals surface area contributed by atoms with Gasteiger partial charge in [-0.1, -0.05) is 13.3 Å². The fourth-order valence-corrected chi connectivity index (χ4v) is 0.610. The van der Waals surface area contributed by atoms with Crippen LogP contribution in [0.1, 0.15) is 26.2 Å². The van der Waals surface area contributed by atoms with Crippen LogP contribution < -0.4 is 11.1 Å². The zero-order chi connectivity index (χ0) is 7.98. The van der Waals surface area contributed by atoms with Crippen LogP contribution in [-0.4, -0.2) is 12.3 Å². The summed E-state index contributed by atoms with van der Waals surface area (Å²) < 4.78 is 12.4. The highest BCUT2D eigenvalue weighted by Gasteiger charge is 2.05. The first kappa shape index (κ1) is 9.20. The Morgan fingerprint density at radius 3 is 2.80 bits per heavy atom. The highest BCUT2D eigenvalue weighted by Crippen LogP contribution is 2.00. The van der Waals surface area contributed by atoms with E-state index in [1.54, 1.807) is 0 Å². The quantitative estimate of drug-likeness (QED) is 0.577. The predicted octanol–water partition coefficient (Wildman–Crippen LogP) is 1.14. The number of halogens is 1. The molecule has 0 aliphatic heterocycles. The van der Waals surface area contributed by atoms with Crippen molar-refractivity contribution in [2.45, 2.75) is 32.5 Å². The third kappa shape index (κ3) is 5.34. The molecule has 10 heavy (non-hydrogen) atoms. The van der Waals surface area contributed by atoms with Crippen LogP contribution in [0.4, 0.5) is 9.18 Å². The summed E-state index contributed by atoms with van der Waals surface area (Å²) in [6.07, 6.45) is 0.749. The molecule has 1 atom stereocenters. The highest BCUT2D eigenvalue weighted by atomic mass is 19.1. The van der Waals surface area contributed by atoms with Crippen molar-refractivity contribution in [3.63, 3.8) is 0 Å². The number of rotatable bonds is 4. The topological polar surface area (TPSA) is 55.1 Å². The van der Waals surface area contributed by atoms with E-state index in [-0.39, 0.29) is 0 Å². The molecule has 0 saturated heterocycles. The van der Waals surface area contributed by atoms with Gasteiger partial charge in [0.1, 0.15) is 0 Å². The molecule has 3 nitrogen and oxygen atoms in total. The molecule has 0 bridgehead atoms. The van der Waals surface area contributed by atoms with E-state index in [1.165, 1.54) is 0 Å². The number of primary amides is 1. The Labute approximate surface area is 59.8 Å². The Kier molecular flexibility index (Phi) is 4.62. The summed E-state index contributed by atoms with van der Waals surface area (Å²) in [5.41, 5.74) is 4.68. The molecule has 0 aliphatic carbocycles. The van der Waals surface area contributed by atoms with E-state index in [4.69, 9.17) is 0 Å². The number of hydrogen-bond acceptors (Lipinski definition) is 1. The van der Waals surface area contributed by atoms with Crippen molar-refractivity contribution in [3.05, 3.63) is 0 Å². The molecule has 0 radical (unpaired) electrons. The van der Waals surface area contributed by atoms with Gasteiger partial charge in [0, 0.05) is 0 Å². The Hall–Kier alpha value is -0.800. The third-order valence-corrected chi connectivity index (χ3v) is 1.11. The maximum Gasteiger partial charge on any atom is 0.314 e. The first-order chi connectivity index (χ1) is 4.66. The molecular weight excluding hydrogens is 135 g/mol. The summed E-state index contributed by atoms with van der Waals surface area (Å²) >= 11 is 0. The molecule has 2 amide bonds. The number of carbonyl (C=O) groups is 1. The number of alkyl halides is 1. The molecule has 0 saturated carbocycles. The van der Waals surface area contributed by atoms with Gasteiger partial charge in [0.05, 0.1) is 0 Å². The second-order valence-corrected chi connectivity index (χ2v) is 2.12. The molecule has 0 fully saturated rings. The van der Waals surface area contributed by atoms with Crippen molar-refractivity contribution in [3.8, 4) is 0 Å². The minimum atomic E-state index is -1.28. The summed E-state index contributed by atoms with van der Waals surface area (Å²) in [5, 5.41) is 1.95. The minimum Gasteiger partial charge on any atom is -0.352 e. The van der Waals surface area contributed by atoms with Crippen molar-refractivity contribution in [1.82, 2.24) is 5.32 Å². The molecule has 0 aromatic rings. The second-order valence-electron chi connectivity index (χ2n) is 2.12. The molecule has 3 N–H and O–H groups in total. The first-order valence-corrected chi connectivity index (χ1v) is 3.37. The number of nitrogens with one attached hydrogen (secondary N) is 1. The molecule has 4 heteroatoms. The largest absolute Gasteiger partial charge is 0.352 e. The number of amides is 2. The van der Waals surface area contributed by atoms with E-state index in [0.29, 0.717) is 6.42 Å². The number of nitrogens with two attached hydrogens (primary N) is 1. The van der Waals surface area contributed by atoms with Crippen LogP contribution in [-0.2, 0) is 0 Å². The van der Waals surface area contributed by atoms with Gasteiger partial charge in [-0.2, -0.15) is 0 Å². The molecule has 1 unspecified atom stereocenters. The molecule has 0 rings (SSSR count). The SMILES string of the molecule is CCCCC(F)NC(N)=O. The molecular formula is C6H13FN2O. The van der Waals surface area contributed by atoms with E-state index in [0.717, 1.165) is 12.8 Å². The van der Waals surface area contributed by atoms with Crippen molar-refractivity contribution < 1.29 is 9.18 Å². The molecule has 0 aliphatic rings. The Bertz CT molecular complexity index is 108. The molecule has 60 valence electrons. The van der Waals surface area contributed by atoms with Gasteiger partial charge in [-0.15, -0.1) is 0 Å². The third-order valence-electron chi connectivity index (χ3n) is 1.11. The summed E-state index contributed by atoms with van der Waals surface area (Å²) in [5.74, 6) is 0. The lowest BCUT2D eigenvalue weighted by molar-refractivity contribution is 0.218. The number of carbonyl (C=O) groups excluding carboxylic acids is 1. The van der Waals surface area contributed by atoms with Gasteiger partial charge in [-0.3, -0.25) is 0 Å². The normalized spacial score (nSPS) is 12.6. The average molecular weight is 148 g/mol. The predicted molar refractivity (Wildman–Crippen MR) is 37.1 cm³/mol. The van der Waals surface area contributed by atoms with E-state index >= 15 is 0 Å². The van der Waals surface area contributed by atoms with E-state index < -0.39 is 12.3 Å². The zero-order valence-corrected chi connectivity index (χ0v) is 6.06. The van der Waals surface area contributed by atoms with Gasteiger partial charge in [-0.05, 0) is 12.8 Å². The zero-order valence-electron chi connectivity index (χ0n) is 6.06. The maximum atomic E-state index is 12.4. The first-order valence-electron chi connectivity index (χ1n) is 3.37. The van der Waals surface area contributed by atoms with Crippen LogP contribution in [0.15, 0.2) is 0 Å². The van der Waals surface area contributed by atoms with Crippen LogP contribution in [0.5, 0.6) is 0 Å². The van der Waals surface area contributed by atoms with Gasteiger partial charge in [0.2, 0.25) is 0 Å². The van der Waals surface area contributed by atoms with Crippen molar-refractivity contribution in [2.75, 3.05) is 0 Å². The average Bonchev–Trinajstić information content (AvgIpc) is 1.82. The minimum absolute atomic E-state index is 0.347. The van der Waals surface area contributed by atoms with Crippen LogP contribution in [0.3, 0.4) is 0 Å². The monoisotopic (exact) mass is 148 g/mol. The summed E-state index contributed by atoms with van der Waals surface area (Å²) in [4.78, 5) is 10.0. The van der Waals surface area contributed by atoms with Gasteiger partial charge < -0.3 is 11.1 Å². The standard InChI is InChI=1S/C6H13FN2O/c1-2-3-4-5(7)9-6(8)10/h5H,2-4H2,1H3,(H3,8,9,10). The lowest BCUT2D eigenvalue weighted by Gasteiger charge is -2.06. The fraction of sp³-hybridized carbons (Fsp3) is 0.833. The van der Waals surface area contributed by atoms with Crippen LogP contribution in [0, 0.1) is 0 Å². The lowest BCUT2D eigenvalue weighted by Crippen LogP contribution is -2.35. The van der Waals surface area contributed by atoms with E-state index in [1.807, 2.05) is 12.2 Å². The number of hydrogen-bond donors (Lipinski definition) is 2. The van der Waals surface area contributed by atoms with Gasteiger partial charge >= 0.3 is 6.03 Å². The number of urea groups is 1. The van der Waals surface area contributed by atoms with Gasteiger partial charge in [-0.25, -0.2) is 9.18 Å². The Morgan fingerprint density at radius 1 is 1.80 bits per heavy atom. The Balaban J connectivity index is 3.25. The molecule has 0 aromatic carbocycles. The Morgan fingerprint density at radius 2 is 2.40 bits per heavy atom. The lowest BCUT2D eigenvalue weighted by atomic mass is 10.2. The van der Waals surface area contributed by atoms with E-state index in [2.05, 4.69) is 5.73 Å². The van der Waals surface area contributed by atoms with Crippen molar-refractivity contribution in [1.29, 1.82) is 0 Å². The fourth-order valence-electron chi connectivity index (χ4n) is 0.610.